The van der Waals surface area contributed by atoms with E-state index in [9.17, 15) is 14.4 Å². The van der Waals surface area contributed by atoms with Crippen LogP contribution < -0.4 is 0 Å². The van der Waals surface area contributed by atoms with Crippen LogP contribution in [0.2, 0.25) is 0 Å². The van der Waals surface area contributed by atoms with E-state index in [1.807, 2.05) is 0 Å². The van der Waals surface area contributed by atoms with Crippen LogP contribution in [0.1, 0.15) is 290 Å². The van der Waals surface area contributed by atoms with Crippen molar-refractivity contribution in [2.45, 2.75) is 297 Å². The van der Waals surface area contributed by atoms with Crippen molar-refractivity contribution in [2.75, 3.05) is 13.2 Å². The van der Waals surface area contributed by atoms with Crippen molar-refractivity contribution in [2.24, 2.45) is 0 Å². The molecule has 0 N–H and O–H groups in total. The van der Waals surface area contributed by atoms with Gasteiger partial charge in [-0.05, 0) is 103 Å². The summed E-state index contributed by atoms with van der Waals surface area (Å²) in [5.41, 5.74) is 0. The van der Waals surface area contributed by atoms with Gasteiger partial charge in [0.25, 0.3) is 0 Å². The molecule has 0 heterocycles. The second-order valence-electron chi connectivity index (χ2n) is 20.6. The summed E-state index contributed by atoms with van der Waals surface area (Å²) < 4.78 is 16.8. The number of carbonyl (C=O) groups excluding carboxylic acids is 3. The molecule has 0 saturated heterocycles. The molecule has 0 saturated carbocycles. The minimum absolute atomic E-state index is 0.0796. The Morgan fingerprint density at radius 2 is 0.520 bits per heavy atom. The second kappa shape index (κ2) is 62.6. The molecule has 0 aromatic rings. The fourth-order valence-electron chi connectivity index (χ4n) is 8.64. The molecule has 1 unspecified atom stereocenters. The van der Waals surface area contributed by atoms with E-state index in [2.05, 4.69) is 130 Å². The van der Waals surface area contributed by atoms with E-state index < -0.39 is 6.10 Å². The van der Waals surface area contributed by atoms with Crippen LogP contribution in [0.4, 0.5) is 0 Å². The Morgan fingerprint density at radius 3 is 0.813 bits per heavy atom. The maximum atomic E-state index is 12.9. The molecule has 0 bridgehead atoms. The van der Waals surface area contributed by atoms with Crippen LogP contribution in [0.3, 0.4) is 0 Å². The normalized spacial score (nSPS) is 12.8. The largest absolute Gasteiger partial charge is 0.462 e. The summed E-state index contributed by atoms with van der Waals surface area (Å²) in [4.78, 5) is 38.1. The zero-order valence-electron chi connectivity index (χ0n) is 49.0. The summed E-state index contributed by atoms with van der Waals surface area (Å²) in [5, 5.41) is 0. The molecule has 0 radical (unpaired) electrons. The predicted octanol–water partition coefficient (Wildman–Crippen LogP) is 21.4. The van der Waals surface area contributed by atoms with Gasteiger partial charge >= 0.3 is 17.9 Å². The van der Waals surface area contributed by atoms with Gasteiger partial charge in [0, 0.05) is 19.3 Å². The second-order valence-corrected chi connectivity index (χ2v) is 20.6. The third-order valence-electron chi connectivity index (χ3n) is 13.3. The molecule has 0 rings (SSSR count). The lowest BCUT2D eigenvalue weighted by Gasteiger charge is -2.18. The van der Waals surface area contributed by atoms with Crippen LogP contribution in [-0.4, -0.2) is 37.2 Å². The van der Waals surface area contributed by atoms with Crippen molar-refractivity contribution in [3.05, 3.63) is 109 Å². The number of esters is 3. The number of hydrogen-bond donors (Lipinski definition) is 0. The molecule has 0 aliphatic rings. The summed E-state index contributed by atoms with van der Waals surface area (Å²) in [7, 11) is 0. The molecule has 0 aliphatic heterocycles. The molecule has 0 amide bonds. The summed E-state index contributed by atoms with van der Waals surface area (Å²) in [5.74, 6) is -0.889. The van der Waals surface area contributed by atoms with Gasteiger partial charge in [0.15, 0.2) is 6.10 Å². The Kier molecular flexibility index (Phi) is 59.3. The molecule has 75 heavy (non-hydrogen) atoms. The van der Waals surface area contributed by atoms with Crippen LogP contribution in [-0.2, 0) is 28.6 Å². The Bertz CT molecular complexity index is 1520. The van der Waals surface area contributed by atoms with Gasteiger partial charge in [-0.3, -0.25) is 14.4 Å². The van der Waals surface area contributed by atoms with E-state index in [0.29, 0.717) is 19.3 Å². The first-order chi connectivity index (χ1) is 37.0. The molecule has 1 atom stereocenters. The molecule has 0 spiro atoms. The molecule has 0 fully saturated rings. The minimum atomic E-state index is -0.781. The Hall–Kier alpha value is -3.93. The Labute approximate surface area is 463 Å². The monoisotopic (exact) mass is 1040 g/mol. The van der Waals surface area contributed by atoms with E-state index in [-0.39, 0.29) is 31.1 Å². The van der Waals surface area contributed by atoms with Crippen molar-refractivity contribution < 1.29 is 28.6 Å². The predicted molar refractivity (Wildman–Crippen MR) is 325 cm³/mol. The highest BCUT2D eigenvalue weighted by Crippen LogP contribution is 2.16. The lowest BCUT2D eigenvalue weighted by molar-refractivity contribution is -0.167. The first-order valence-corrected chi connectivity index (χ1v) is 31.4. The van der Waals surface area contributed by atoms with Crippen LogP contribution in [0.25, 0.3) is 0 Å². The van der Waals surface area contributed by atoms with Crippen LogP contribution in [0.15, 0.2) is 109 Å². The average Bonchev–Trinajstić information content (AvgIpc) is 3.41. The highest BCUT2D eigenvalue weighted by Gasteiger charge is 2.19. The lowest BCUT2D eigenvalue weighted by atomic mass is 10.0. The van der Waals surface area contributed by atoms with Gasteiger partial charge in [-0.15, -0.1) is 0 Å². The number of rotatable bonds is 56. The van der Waals surface area contributed by atoms with Gasteiger partial charge < -0.3 is 14.2 Å². The standard InChI is InChI=1S/C69H116O6/c1-4-7-10-13-16-18-20-22-24-26-28-30-32-34-36-38-40-42-44-46-48-50-53-56-59-62-68(71)74-65-66(64-73-67(70)61-58-55-52-15-12-9-6-3)75-69(72)63-60-57-54-51-49-47-45-43-41-39-37-35-33-31-29-27-25-23-21-19-17-14-11-8-5-2/h7-8,10-11,16-19,22-25,28-31,34,36,66H,4-6,9,12-15,20-21,26-27,32-33,35,37-65H2,1-3H3/b10-7-,11-8-,18-16-,19-17-,24-22-,25-23-,30-28-,31-29-,36-34-. The number of hydrogen-bond acceptors (Lipinski definition) is 6. The third-order valence-corrected chi connectivity index (χ3v) is 13.3. The Morgan fingerprint density at radius 1 is 0.280 bits per heavy atom. The van der Waals surface area contributed by atoms with E-state index in [1.54, 1.807) is 0 Å². The van der Waals surface area contributed by atoms with Crippen molar-refractivity contribution in [1.29, 1.82) is 0 Å². The topological polar surface area (TPSA) is 78.9 Å². The number of carbonyl (C=O) groups is 3. The van der Waals surface area contributed by atoms with Gasteiger partial charge in [0.05, 0.1) is 0 Å². The number of ether oxygens (including phenoxy) is 3. The minimum Gasteiger partial charge on any atom is -0.462 e. The van der Waals surface area contributed by atoms with Crippen molar-refractivity contribution in [3.63, 3.8) is 0 Å². The first kappa shape index (κ1) is 71.1. The van der Waals surface area contributed by atoms with Crippen molar-refractivity contribution in [1.82, 2.24) is 0 Å². The van der Waals surface area contributed by atoms with Crippen LogP contribution in [0.5, 0.6) is 0 Å². The maximum absolute atomic E-state index is 12.9. The maximum Gasteiger partial charge on any atom is 0.306 e. The molecule has 0 aromatic carbocycles. The van der Waals surface area contributed by atoms with Crippen molar-refractivity contribution in [3.8, 4) is 0 Å². The SMILES string of the molecule is CC/C=C\C/C=C\C/C=C\C/C=C\C/C=C\CCCCCCCCCCCC(=O)OCC(COC(=O)CCCCCCCCC)OC(=O)CCCCCCCCCCCCCC/C=C\C/C=C\C/C=C\C/C=C\CC. The van der Waals surface area contributed by atoms with Crippen LogP contribution in [0, 0.1) is 0 Å². The zero-order chi connectivity index (χ0) is 54.3. The molecule has 0 aromatic heterocycles. The first-order valence-electron chi connectivity index (χ1n) is 31.4. The van der Waals surface area contributed by atoms with Crippen LogP contribution >= 0.6 is 0 Å². The number of unbranched alkanes of at least 4 members (excludes halogenated alkanes) is 27. The zero-order valence-corrected chi connectivity index (χ0v) is 49.0. The summed E-state index contributed by atoms with van der Waals surface area (Å²) in [6, 6.07) is 0. The smallest absolute Gasteiger partial charge is 0.306 e. The van der Waals surface area contributed by atoms with E-state index in [0.717, 1.165) is 122 Å². The number of allylic oxidation sites excluding steroid dienone is 18. The third kappa shape index (κ3) is 60.8. The van der Waals surface area contributed by atoms with E-state index in [4.69, 9.17) is 14.2 Å². The fourth-order valence-corrected chi connectivity index (χ4v) is 8.64. The van der Waals surface area contributed by atoms with Gasteiger partial charge in [-0.2, -0.15) is 0 Å². The molecule has 6 heteroatoms. The molecule has 428 valence electrons. The Balaban J connectivity index is 4.17. The highest BCUT2D eigenvalue weighted by molar-refractivity contribution is 5.71. The average molecular weight is 1040 g/mol. The van der Waals surface area contributed by atoms with Gasteiger partial charge in [-0.1, -0.05) is 278 Å². The lowest BCUT2D eigenvalue weighted by Crippen LogP contribution is -2.30. The quantitative estimate of drug-likeness (QED) is 0.0261. The van der Waals surface area contributed by atoms with E-state index in [1.165, 1.54) is 128 Å². The van der Waals surface area contributed by atoms with Gasteiger partial charge in [-0.25, -0.2) is 0 Å². The van der Waals surface area contributed by atoms with Gasteiger partial charge in [0.2, 0.25) is 0 Å². The van der Waals surface area contributed by atoms with E-state index >= 15 is 0 Å². The molecule has 0 aliphatic carbocycles. The molecule has 6 nitrogen and oxygen atoms in total. The summed E-state index contributed by atoms with van der Waals surface area (Å²) in [6.07, 6.45) is 85.4. The molecular formula is C69H116O6. The molecular weight excluding hydrogens is 925 g/mol. The summed E-state index contributed by atoms with van der Waals surface area (Å²) in [6.45, 7) is 6.38. The summed E-state index contributed by atoms with van der Waals surface area (Å²) >= 11 is 0. The van der Waals surface area contributed by atoms with Crippen molar-refractivity contribution >= 4 is 17.9 Å². The highest BCUT2D eigenvalue weighted by atomic mass is 16.6. The van der Waals surface area contributed by atoms with Gasteiger partial charge in [0.1, 0.15) is 13.2 Å². The fraction of sp³-hybridized carbons (Fsp3) is 0.696.